The highest BCUT2D eigenvalue weighted by molar-refractivity contribution is 14.1. The first-order valence-corrected chi connectivity index (χ1v) is 11.3. The molecule has 1 fully saturated rings. The van der Waals surface area contributed by atoms with E-state index < -0.39 is 0 Å². The number of ether oxygens (including phenoxy) is 2. The Bertz CT molecular complexity index is 1100. The van der Waals surface area contributed by atoms with Gasteiger partial charge in [0, 0.05) is 0 Å². The van der Waals surface area contributed by atoms with Gasteiger partial charge in [0.2, 0.25) is 0 Å². The van der Waals surface area contributed by atoms with E-state index in [2.05, 4.69) is 38.8 Å². The summed E-state index contributed by atoms with van der Waals surface area (Å²) in [4.78, 5) is 17.3. The molecule has 1 heterocycles. The van der Waals surface area contributed by atoms with E-state index in [0.29, 0.717) is 43.9 Å². The average Bonchev–Trinajstić information content (AvgIpc) is 3.04. The van der Waals surface area contributed by atoms with Crippen LogP contribution >= 0.6 is 57.6 Å². The number of rotatable bonds is 6. The summed E-state index contributed by atoms with van der Waals surface area (Å²) in [7, 11) is 0. The molecule has 1 aliphatic rings. The van der Waals surface area contributed by atoms with Crippen LogP contribution in [0, 0.1) is 15.9 Å². The van der Waals surface area contributed by atoms with Crippen molar-refractivity contribution in [1.29, 1.82) is 0 Å². The highest BCUT2D eigenvalue weighted by atomic mass is 127. The Labute approximate surface area is 202 Å². The van der Waals surface area contributed by atoms with Gasteiger partial charge < -0.3 is 14.8 Å². The molecule has 30 heavy (non-hydrogen) atoms. The minimum Gasteiger partial charge on any atom is -0.490 e. The number of halogens is 3. The molecule has 0 bridgehead atoms. The predicted molar refractivity (Wildman–Crippen MR) is 132 cm³/mol. The Hall–Kier alpha value is -1.86. The molecule has 1 amide bonds. The number of benzene rings is 2. The van der Waals surface area contributed by atoms with Gasteiger partial charge in [-0.1, -0.05) is 35.2 Å². The molecule has 2 aromatic carbocycles. The lowest BCUT2D eigenvalue weighted by Gasteiger charge is -2.13. The summed E-state index contributed by atoms with van der Waals surface area (Å²) in [6.45, 7) is 2.49. The fourth-order valence-corrected chi connectivity index (χ4v) is 4.46. The zero-order valence-corrected chi connectivity index (χ0v) is 20.2. The van der Waals surface area contributed by atoms with Gasteiger partial charge in [-0.25, -0.2) is 4.99 Å². The maximum atomic E-state index is 12.4. The first-order chi connectivity index (χ1) is 14.4. The number of aliphatic imine (C=N–C) groups is 1. The molecule has 0 spiro atoms. The molecular formula is C21H15Cl2IN2O3S. The third-order valence-corrected chi connectivity index (χ3v) is 6.25. The van der Waals surface area contributed by atoms with Crippen LogP contribution in [-0.4, -0.2) is 24.3 Å². The Morgan fingerprint density at radius 1 is 1.33 bits per heavy atom. The molecule has 0 aliphatic carbocycles. The number of hydrogen-bond donors (Lipinski definition) is 1. The van der Waals surface area contributed by atoms with E-state index in [4.69, 9.17) is 39.1 Å². The Balaban J connectivity index is 1.89. The summed E-state index contributed by atoms with van der Waals surface area (Å²) in [5.74, 6) is 3.34. The number of hydrogen-bond acceptors (Lipinski definition) is 5. The van der Waals surface area contributed by atoms with E-state index in [1.807, 2.05) is 13.0 Å². The lowest BCUT2D eigenvalue weighted by atomic mass is 10.2. The zero-order chi connectivity index (χ0) is 21.7. The smallest absolute Gasteiger partial charge is 0.264 e. The number of amides is 1. The molecule has 3 rings (SSSR count). The normalized spacial score (nSPS) is 15.9. The van der Waals surface area contributed by atoms with Gasteiger partial charge in [-0.15, -0.1) is 6.42 Å². The first kappa shape index (κ1) is 22.8. The molecule has 0 atom stereocenters. The molecule has 0 saturated carbocycles. The molecule has 0 aromatic heterocycles. The number of carbonyl (C=O) groups excluding carboxylic acids is 1. The van der Waals surface area contributed by atoms with Crippen molar-refractivity contribution in [2.45, 2.75) is 6.92 Å². The molecule has 5 nitrogen and oxygen atoms in total. The lowest BCUT2D eigenvalue weighted by Crippen LogP contribution is -2.19. The molecule has 2 aromatic rings. The Morgan fingerprint density at radius 2 is 2.13 bits per heavy atom. The van der Waals surface area contributed by atoms with Crippen molar-refractivity contribution < 1.29 is 14.3 Å². The molecule has 9 heteroatoms. The van der Waals surface area contributed by atoms with Gasteiger partial charge >= 0.3 is 0 Å². The van der Waals surface area contributed by atoms with E-state index in [9.17, 15) is 4.79 Å². The van der Waals surface area contributed by atoms with E-state index in [0.717, 1.165) is 9.13 Å². The van der Waals surface area contributed by atoms with Gasteiger partial charge in [0.25, 0.3) is 5.91 Å². The molecule has 0 unspecified atom stereocenters. The maximum absolute atomic E-state index is 12.4. The average molecular weight is 573 g/mol. The predicted octanol–water partition coefficient (Wildman–Crippen LogP) is 5.90. The van der Waals surface area contributed by atoms with Crippen LogP contribution in [0.3, 0.4) is 0 Å². The number of thioether (sulfide) groups is 1. The van der Waals surface area contributed by atoms with Crippen LogP contribution in [0.15, 0.2) is 40.2 Å². The third-order valence-electron chi connectivity index (χ3n) is 3.73. The van der Waals surface area contributed by atoms with Crippen LogP contribution in [0.2, 0.25) is 10.0 Å². The van der Waals surface area contributed by atoms with Crippen molar-refractivity contribution in [3.05, 3.63) is 54.4 Å². The second kappa shape index (κ2) is 10.4. The van der Waals surface area contributed by atoms with Crippen LogP contribution < -0.4 is 14.8 Å². The summed E-state index contributed by atoms with van der Waals surface area (Å²) in [6, 6.07) is 8.84. The van der Waals surface area contributed by atoms with Crippen molar-refractivity contribution in [1.82, 2.24) is 5.32 Å². The molecular weight excluding hydrogens is 558 g/mol. The third kappa shape index (κ3) is 5.43. The Morgan fingerprint density at radius 3 is 2.87 bits per heavy atom. The fraction of sp³-hybridized carbons (Fsp3) is 0.143. The zero-order valence-electron chi connectivity index (χ0n) is 15.7. The first-order valence-electron chi connectivity index (χ1n) is 8.69. The van der Waals surface area contributed by atoms with Crippen molar-refractivity contribution in [3.63, 3.8) is 0 Å². The van der Waals surface area contributed by atoms with Gasteiger partial charge in [-0.3, -0.25) is 4.79 Å². The second-order valence-corrected chi connectivity index (χ2v) is 8.79. The topological polar surface area (TPSA) is 59.9 Å². The second-order valence-electron chi connectivity index (χ2n) is 5.81. The van der Waals surface area contributed by atoms with Gasteiger partial charge in [-0.05, 0) is 77.2 Å². The Kier molecular flexibility index (Phi) is 7.94. The van der Waals surface area contributed by atoms with E-state index >= 15 is 0 Å². The molecule has 1 saturated heterocycles. The maximum Gasteiger partial charge on any atom is 0.264 e. The van der Waals surface area contributed by atoms with Crippen molar-refractivity contribution in [2.75, 3.05) is 13.2 Å². The van der Waals surface area contributed by atoms with E-state index in [1.165, 1.54) is 11.8 Å². The van der Waals surface area contributed by atoms with Crippen LogP contribution in [-0.2, 0) is 4.79 Å². The minimum absolute atomic E-state index is 0.140. The highest BCUT2D eigenvalue weighted by Crippen LogP contribution is 2.37. The number of carbonyl (C=O) groups is 1. The van der Waals surface area contributed by atoms with Crippen molar-refractivity contribution in [3.8, 4) is 23.8 Å². The molecule has 0 radical (unpaired) electrons. The summed E-state index contributed by atoms with van der Waals surface area (Å²) < 4.78 is 12.1. The quantitative estimate of drug-likeness (QED) is 0.266. The van der Waals surface area contributed by atoms with Crippen LogP contribution in [0.4, 0.5) is 5.69 Å². The van der Waals surface area contributed by atoms with Crippen molar-refractivity contribution in [2.24, 2.45) is 4.99 Å². The summed E-state index contributed by atoms with van der Waals surface area (Å²) >= 11 is 15.6. The van der Waals surface area contributed by atoms with Gasteiger partial charge in [0.1, 0.15) is 6.61 Å². The van der Waals surface area contributed by atoms with Crippen LogP contribution in [0.25, 0.3) is 6.08 Å². The molecule has 154 valence electrons. The van der Waals surface area contributed by atoms with Gasteiger partial charge in [0.05, 0.1) is 30.8 Å². The highest BCUT2D eigenvalue weighted by Gasteiger charge is 2.24. The summed E-state index contributed by atoms with van der Waals surface area (Å²) in [6.07, 6.45) is 7.05. The van der Waals surface area contributed by atoms with Gasteiger partial charge in [-0.2, -0.15) is 0 Å². The largest absolute Gasteiger partial charge is 0.490 e. The van der Waals surface area contributed by atoms with Crippen molar-refractivity contribution >= 4 is 80.4 Å². The SMILES string of the molecule is C#CCOc1c(I)cc(/C=C2/SC(=Nc3cccc(Cl)c3Cl)NC2=O)cc1OCC. The number of nitrogens with zero attached hydrogens (tertiary/aromatic N) is 1. The fourth-order valence-electron chi connectivity index (χ4n) is 2.51. The number of amidine groups is 1. The molecule has 1 N–H and O–H groups in total. The molecule has 1 aliphatic heterocycles. The number of terminal acetylenes is 1. The number of nitrogens with one attached hydrogen (secondary N) is 1. The summed E-state index contributed by atoms with van der Waals surface area (Å²) in [5.41, 5.74) is 1.27. The lowest BCUT2D eigenvalue weighted by molar-refractivity contribution is -0.115. The summed E-state index contributed by atoms with van der Waals surface area (Å²) in [5, 5.41) is 3.89. The van der Waals surface area contributed by atoms with Gasteiger partial charge in [0.15, 0.2) is 16.7 Å². The van der Waals surface area contributed by atoms with E-state index in [-0.39, 0.29) is 12.5 Å². The van der Waals surface area contributed by atoms with E-state index in [1.54, 1.807) is 30.3 Å². The standard InChI is InChI=1S/C21H15Cl2IN2O3S/c1-3-8-29-19-14(24)9-12(10-16(19)28-4-2)11-17-20(27)26-21(30-17)25-15-7-5-6-13(22)18(15)23/h1,5-7,9-11H,4,8H2,2H3,(H,25,26,27)/b17-11+. The minimum atomic E-state index is -0.252. The van der Waals surface area contributed by atoms with Crippen LogP contribution in [0.1, 0.15) is 12.5 Å². The monoisotopic (exact) mass is 572 g/mol. The van der Waals surface area contributed by atoms with Crippen LogP contribution in [0.5, 0.6) is 11.5 Å².